The Balaban J connectivity index is 1.92. The predicted molar refractivity (Wildman–Crippen MR) is 88.1 cm³/mol. The van der Waals surface area contributed by atoms with Gasteiger partial charge in [-0.2, -0.15) is 0 Å². The van der Waals surface area contributed by atoms with Crippen molar-refractivity contribution in [2.45, 2.75) is 18.7 Å². The first kappa shape index (κ1) is 16.8. The van der Waals surface area contributed by atoms with Gasteiger partial charge in [0, 0.05) is 11.6 Å². The summed E-state index contributed by atoms with van der Waals surface area (Å²) in [5, 5.41) is 0.384. The lowest BCUT2D eigenvalue weighted by Gasteiger charge is -2.11. The molecule has 2 rings (SSSR count). The molecule has 2 aromatic carbocycles. The molecule has 6 heteroatoms. The third-order valence-corrected chi connectivity index (χ3v) is 4.80. The van der Waals surface area contributed by atoms with E-state index in [0.717, 1.165) is 16.9 Å². The van der Waals surface area contributed by atoms with Gasteiger partial charge in [-0.15, -0.1) is 0 Å². The fourth-order valence-corrected chi connectivity index (χ4v) is 3.23. The first-order chi connectivity index (χ1) is 10.4. The van der Waals surface area contributed by atoms with Crippen LogP contribution in [0.5, 0.6) is 5.75 Å². The average molecular weight is 340 g/mol. The molecular weight excluding hydrogens is 322 g/mol. The predicted octanol–water partition coefficient (Wildman–Crippen LogP) is 3.31. The SMILES string of the molecule is Cc1ccc(C)c(OCCNS(=O)(=O)c2cccc(Cl)c2)c1. The van der Waals surface area contributed by atoms with Crippen molar-refractivity contribution in [1.29, 1.82) is 0 Å². The third-order valence-electron chi connectivity index (χ3n) is 3.10. The van der Waals surface area contributed by atoms with E-state index >= 15 is 0 Å². The Morgan fingerprint density at radius 2 is 1.91 bits per heavy atom. The molecule has 118 valence electrons. The van der Waals surface area contributed by atoms with Crippen molar-refractivity contribution in [2.24, 2.45) is 0 Å². The minimum absolute atomic E-state index is 0.145. The summed E-state index contributed by atoms with van der Waals surface area (Å²) < 4.78 is 32.3. The molecule has 0 amide bonds. The summed E-state index contributed by atoms with van der Waals surface area (Å²) in [7, 11) is -3.57. The Morgan fingerprint density at radius 1 is 1.14 bits per heavy atom. The lowest BCUT2D eigenvalue weighted by Crippen LogP contribution is -2.28. The van der Waals surface area contributed by atoms with Gasteiger partial charge in [0.15, 0.2) is 0 Å². The topological polar surface area (TPSA) is 55.4 Å². The number of aryl methyl sites for hydroxylation is 2. The lowest BCUT2D eigenvalue weighted by molar-refractivity contribution is 0.320. The molecule has 0 bridgehead atoms. The number of nitrogens with one attached hydrogen (secondary N) is 1. The Labute approximate surface area is 136 Å². The first-order valence-corrected chi connectivity index (χ1v) is 8.70. The van der Waals surface area contributed by atoms with Crippen LogP contribution in [0.15, 0.2) is 47.4 Å². The number of sulfonamides is 1. The van der Waals surface area contributed by atoms with Gasteiger partial charge in [0.05, 0.1) is 4.90 Å². The van der Waals surface area contributed by atoms with E-state index in [2.05, 4.69) is 4.72 Å². The van der Waals surface area contributed by atoms with Gasteiger partial charge in [-0.25, -0.2) is 13.1 Å². The molecule has 0 saturated heterocycles. The molecule has 0 atom stereocenters. The van der Waals surface area contributed by atoms with Crippen molar-refractivity contribution < 1.29 is 13.2 Å². The van der Waals surface area contributed by atoms with Gasteiger partial charge in [-0.1, -0.05) is 29.8 Å². The van der Waals surface area contributed by atoms with Crippen molar-refractivity contribution in [1.82, 2.24) is 4.72 Å². The van der Waals surface area contributed by atoms with Crippen molar-refractivity contribution in [3.05, 3.63) is 58.6 Å². The van der Waals surface area contributed by atoms with Gasteiger partial charge in [0.1, 0.15) is 12.4 Å². The zero-order chi connectivity index (χ0) is 16.2. The van der Waals surface area contributed by atoms with Crippen LogP contribution in [0.25, 0.3) is 0 Å². The van der Waals surface area contributed by atoms with Crippen molar-refractivity contribution in [3.63, 3.8) is 0 Å². The van der Waals surface area contributed by atoms with E-state index < -0.39 is 10.0 Å². The van der Waals surface area contributed by atoms with Crippen molar-refractivity contribution in [2.75, 3.05) is 13.2 Å². The monoisotopic (exact) mass is 339 g/mol. The van der Waals surface area contributed by atoms with E-state index in [1.54, 1.807) is 12.1 Å². The summed E-state index contributed by atoms with van der Waals surface area (Å²) in [4.78, 5) is 0.145. The second kappa shape index (κ2) is 7.13. The van der Waals surface area contributed by atoms with Gasteiger partial charge < -0.3 is 4.74 Å². The van der Waals surface area contributed by atoms with Crippen LogP contribution in [-0.4, -0.2) is 21.6 Å². The maximum Gasteiger partial charge on any atom is 0.240 e. The molecule has 2 aromatic rings. The minimum atomic E-state index is -3.57. The van der Waals surface area contributed by atoms with Crippen LogP contribution in [0, 0.1) is 13.8 Å². The molecule has 0 heterocycles. The van der Waals surface area contributed by atoms with Gasteiger partial charge in [0.2, 0.25) is 10.0 Å². The Bertz CT molecular complexity index is 760. The van der Waals surface area contributed by atoms with Gasteiger partial charge >= 0.3 is 0 Å². The molecule has 0 aliphatic carbocycles. The van der Waals surface area contributed by atoms with Crippen LogP contribution in [-0.2, 0) is 10.0 Å². The maximum atomic E-state index is 12.1. The molecule has 4 nitrogen and oxygen atoms in total. The lowest BCUT2D eigenvalue weighted by atomic mass is 10.1. The molecule has 0 aromatic heterocycles. The van der Waals surface area contributed by atoms with Crippen LogP contribution >= 0.6 is 11.6 Å². The highest BCUT2D eigenvalue weighted by Gasteiger charge is 2.13. The summed E-state index contributed by atoms with van der Waals surface area (Å²) in [6.07, 6.45) is 0. The Morgan fingerprint density at radius 3 is 2.64 bits per heavy atom. The van der Waals surface area contributed by atoms with Gasteiger partial charge in [-0.05, 0) is 49.2 Å². The molecular formula is C16H18ClNO3S. The third kappa shape index (κ3) is 4.47. The summed E-state index contributed by atoms with van der Waals surface area (Å²) in [5.74, 6) is 0.766. The molecule has 0 radical (unpaired) electrons. The van der Waals surface area contributed by atoms with E-state index in [4.69, 9.17) is 16.3 Å². The summed E-state index contributed by atoms with van der Waals surface area (Å²) in [6, 6.07) is 12.1. The zero-order valence-electron chi connectivity index (χ0n) is 12.5. The van der Waals surface area contributed by atoms with E-state index in [0.29, 0.717) is 5.02 Å². The van der Waals surface area contributed by atoms with Crippen LogP contribution in [0.4, 0.5) is 0 Å². The highest BCUT2D eigenvalue weighted by Crippen LogP contribution is 2.19. The normalized spacial score (nSPS) is 11.4. The fourth-order valence-electron chi connectivity index (χ4n) is 1.92. The van der Waals surface area contributed by atoms with Crippen LogP contribution < -0.4 is 9.46 Å². The Kier molecular flexibility index (Phi) is 5.45. The second-order valence-corrected chi connectivity index (χ2v) is 7.18. The molecule has 0 saturated carbocycles. The average Bonchev–Trinajstić information content (AvgIpc) is 2.47. The smallest absolute Gasteiger partial charge is 0.240 e. The molecule has 22 heavy (non-hydrogen) atoms. The fraction of sp³-hybridized carbons (Fsp3) is 0.250. The standard InChI is InChI=1S/C16H18ClNO3S/c1-12-6-7-13(2)16(10-12)21-9-8-18-22(19,20)15-5-3-4-14(17)11-15/h3-7,10-11,18H,8-9H2,1-2H3. The largest absolute Gasteiger partial charge is 0.492 e. The minimum Gasteiger partial charge on any atom is -0.492 e. The van der Waals surface area contributed by atoms with E-state index in [1.807, 2.05) is 32.0 Å². The maximum absolute atomic E-state index is 12.1. The molecule has 0 aliphatic heterocycles. The van der Waals surface area contributed by atoms with Crippen molar-refractivity contribution >= 4 is 21.6 Å². The number of hydrogen-bond acceptors (Lipinski definition) is 3. The zero-order valence-corrected chi connectivity index (χ0v) is 14.0. The number of rotatable bonds is 6. The molecule has 0 fully saturated rings. The van der Waals surface area contributed by atoms with E-state index in [9.17, 15) is 8.42 Å². The summed E-state index contributed by atoms with van der Waals surface area (Å²) in [5.41, 5.74) is 2.11. The van der Waals surface area contributed by atoms with Crippen LogP contribution in [0.3, 0.4) is 0 Å². The quantitative estimate of drug-likeness (QED) is 0.821. The van der Waals surface area contributed by atoms with E-state index in [1.165, 1.54) is 12.1 Å². The van der Waals surface area contributed by atoms with E-state index in [-0.39, 0.29) is 18.0 Å². The molecule has 1 N–H and O–H groups in total. The highest BCUT2D eigenvalue weighted by atomic mass is 35.5. The number of ether oxygens (including phenoxy) is 1. The second-order valence-electron chi connectivity index (χ2n) is 4.97. The first-order valence-electron chi connectivity index (χ1n) is 6.84. The molecule has 0 aliphatic rings. The van der Waals surface area contributed by atoms with Crippen molar-refractivity contribution in [3.8, 4) is 5.75 Å². The Hall–Kier alpha value is -1.56. The van der Waals surface area contributed by atoms with Crippen LogP contribution in [0.1, 0.15) is 11.1 Å². The highest BCUT2D eigenvalue weighted by molar-refractivity contribution is 7.89. The number of hydrogen-bond donors (Lipinski definition) is 1. The van der Waals surface area contributed by atoms with Crippen LogP contribution in [0.2, 0.25) is 5.02 Å². The number of halogens is 1. The number of benzene rings is 2. The molecule has 0 unspecified atom stereocenters. The summed E-state index contributed by atoms with van der Waals surface area (Å²) in [6.45, 7) is 4.37. The van der Waals surface area contributed by atoms with Gasteiger partial charge in [0.25, 0.3) is 0 Å². The van der Waals surface area contributed by atoms with Gasteiger partial charge in [-0.3, -0.25) is 0 Å². The summed E-state index contributed by atoms with van der Waals surface area (Å²) >= 11 is 5.81. The molecule has 0 spiro atoms.